The van der Waals surface area contributed by atoms with E-state index >= 15 is 0 Å². The highest BCUT2D eigenvalue weighted by Crippen LogP contribution is 2.32. The zero-order valence-corrected chi connectivity index (χ0v) is 14.0. The first-order valence-electron chi connectivity index (χ1n) is 7.72. The van der Waals surface area contributed by atoms with Crippen molar-refractivity contribution in [1.82, 2.24) is 14.9 Å². The molecule has 0 aliphatic carbocycles. The first-order chi connectivity index (χ1) is 12.1. The number of aliphatic carboxylic acids is 1. The Morgan fingerprint density at radius 1 is 1.28 bits per heavy atom. The number of benzene rings is 1. The van der Waals surface area contributed by atoms with E-state index in [-0.39, 0.29) is 16.8 Å². The molecule has 8 heteroatoms. The van der Waals surface area contributed by atoms with E-state index in [1.165, 1.54) is 47.4 Å². The largest absolute Gasteiger partial charge is 0.480 e. The molecular weight excluding hydrogens is 345 g/mol. The molecular formula is C17H16FN3O3S. The van der Waals surface area contributed by atoms with E-state index in [0.717, 1.165) is 5.56 Å². The molecule has 1 saturated heterocycles. The number of hydrogen-bond acceptors (Lipinski definition) is 5. The topological polar surface area (TPSA) is 83.4 Å². The van der Waals surface area contributed by atoms with Crippen LogP contribution in [0.2, 0.25) is 0 Å². The van der Waals surface area contributed by atoms with Crippen LogP contribution in [0.5, 0.6) is 0 Å². The molecule has 2 aromatic rings. The number of carboxylic acids is 1. The molecule has 0 radical (unpaired) electrons. The fourth-order valence-electron chi connectivity index (χ4n) is 2.80. The van der Waals surface area contributed by atoms with Crippen LogP contribution in [-0.2, 0) is 10.5 Å². The summed E-state index contributed by atoms with van der Waals surface area (Å²) in [6.45, 7) is 0.355. The number of aromatic nitrogens is 2. The number of nitrogens with zero attached hydrogens (tertiary/aromatic N) is 3. The Balaban J connectivity index is 1.70. The minimum atomic E-state index is -1.04. The van der Waals surface area contributed by atoms with Crippen LogP contribution in [-0.4, -0.2) is 49.7 Å². The van der Waals surface area contributed by atoms with Gasteiger partial charge in [-0.3, -0.25) is 9.78 Å². The van der Waals surface area contributed by atoms with Gasteiger partial charge in [0.2, 0.25) is 0 Å². The van der Waals surface area contributed by atoms with Crippen LogP contribution in [0.15, 0.2) is 42.9 Å². The predicted molar refractivity (Wildman–Crippen MR) is 90.6 cm³/mol. The van der Waals surface area contributed by atoms with Gasteiger partial charge in [0.05, 0.1) is 6.20 Å². The normalized spacial score (nSPS) is 19.8. The van der Waals surface area contributed by atoms with Crippen molar-refractivity contribution < 1.29 is 19.1 Å². The summed E-state index contributed by atoms with van der Waals surface area (Å²) in [7, 11) is 0. The minimum Gasteiger partial charge on any atom is -0.480 e. The molecule has 0 saturated carbocycles. The second kappa shape index (κ2) is 7.60. The third-order valence-corrected chi connectivity index (χ3v) is 5.44. The Morgan fingerprint density at radius 3 is 2.68 bits per heavy atom. The standard InChI is InChI=1S/C17H16FN3O3S/c18-12-3-1-11(2-4-12)10-25-14-5-8-21(15(14)17(23)24)16(22)13-9-19-6-7-20-13/h1-4,6-7,9,14-15H,5,8,10H2,(H,23,24)/t14-,15-/m0/s1. The highest BCUT2D eigenvalue weighted by Gasteiger charge is 2.42. The Hall–Kier alpha value is -2.48. The summed E-state index contributed by atoms with van der Waals surface area (Å²) < 4.78 is 13.0. The molecule has 3 rings (SSSR count). The van der Waals surface area contributed by atoms with Gasteiger partial charge in [0.15, 0.2) is 0 Å². The Bertz CT molecular complexity index is 757. The fourth-order valence-corrected chi connectivity index (χ4v) is 4.12. The molecule has 1 N–H and O–H groups in total. The van der Waals surface area contributed by atoms with Crippen LogP contribution >= 0.6 is 11.8 Å². The molecule has 1 fully saturated rings. The van der Waals surface area contributed by atoms with Gasteiger partial charge in [-0.05, 0) is 24.1 Å². The zero-order chi connectivity index (χ0) is 17.8. The Kier molecular flexibility index (Phi) is 5.28. The number of thioether (sulfide) groups is 1. The van der Waals surface area contributed by atoms with Gasteiger partial charge in [-0.25, -0.2) is 14.2 Å². The summed E-state index contributed by atoms with van der Waals surface area (Å²) in [6.07, 6.45) is 4.77. The second-order valence-electron chi connectivity index (χ2n) is 5.64. The summed E-state index contributed by atoms with van der Waals surface area (Å²) in [6, 6.07) is 5.19. The zero-order valence-electron chi connectivity index (χ0n) is 13.2. The molecule has 2 heterocycles. The van der Waals surface area contributed by atoms with Crippen molar-refractivity contribution in [2.45, 2.75) is 23.5 Å². The number of rotatable bonds is 5. The number of amides is 1. The quantitative estimate of drug-likeness (QED) is 0.879. The molecule has 1 aromatic heterocycles. The van der Waals surface area contributed by atoms with E-state index in [4.69, 9.17) is 0 Å². The lowest BCUT2D eigenvalue weighted by molar-refractivity contribution is -0.141. The average molecular weight is 361 g/mol. The number of carboxylic acid groups (broad SMARTS) is 1. The number of halogens is 1. The molecule has 130 valence electrons. The van der Waals surface area contributed by atoms with Crippen molar-refractivity contribution in [3.63, 3.8) is 0 Å². The van der Waals surface area contributed by atoms with Gasteiger partial charge in [0.25, 0.3) is 5.91 Å². The molecule has 25 heavy (non-hydrogen) atoms. The van der Waals surface area contributed by atoms with Gasteiger partial charge in [0, 0.05) is 29.9 Å². The number of carbonyl (C=O) groups is 2. The predicted octanol–water partition coefficient (Wildman–Crippen LogP) is 2.22. The monoisotopic (exact) mass is 361 g/mol. The molecule has 1 amide bonds. The van der Waals surface area contributed by atoms with Gasteiger partial charge < -0.3 is 10.0 Å². The van der Waals surface area contributed by atoms with E-state index in [2.05, 4.69) is 9.97 Å². The van der Waals surface area contributed by atoms with E-state index in [9.17, 15) is 19.1 Å². The van der Waals surface area contributed by atoms with Crippen molar-refractivity contribution >= 4 is 23.6 Å². The minimum absolute atomic E-state index is 0.137. The second-order valence-corrected chi connectivity index (χ2v) is 6.86. The lowest BCUT2D eigenvalue weighted by Crippen LogP contribution is -2.44. The molecule has 0 spiro atoms. The van der Waals surface area contributed by atoms with Gasteiger partial charge in [-0.2, -0.15) is 11.8 Å². The van der Waals surface area contributed by atoms with Gasteiger partial charge in [0.1, 0.15) is 17.6 Å². The van der Waals surface area contributed by atoms with Gasteiger partial charge in [-0.1, -0.05) is 12.1 Å². The average Bonchev–Trinajstić information content (AvgIpc) is 3.05. The molecule has 1 aromatic carbocycles. The van der Waals surface area contributed by atoms with Crippen LogP contribution in [0, 0.1) is 5.82 Å². The number of likely N-dealkylation sites (tertiary alicyclic amines) is 1. The van der Waals surface area contributed by atoms with Crippen molar-refractivity contribution in [3.05, 3.63) is 59.9 Å². The molecule has 1 aliphatic rings. The van der Waals surface area contributed by atoms with Crippen molar-refractivity contribution in [1.29, 1.82) is 0 Å². The molecule has 6 nitrogen and oxygen atoms in total. The number of carbonyl (C=O) groups excluding carboxylic acids is 1. The third kappa shape index (κ3) is 3.96. The van der Waals surface area contributed by atoms with Crippen molar-refractivity contribution in [2.24, 2.45) is 0 Å². The maximum absolute atomic E-state index is 13.0. The summed E-state index contributed by atoms with van der Waals surface area (Å²) in [5, 5.41) is 9.36. The van der Waals surface area contributed by atoms with Crippen molar-refractivity contribution in [3.8, 4) is 0 Å². The summed E-state index contributed by atoms with van der Waals surface area (Å²) in [5.74, 6) is -1.21. The summed E-state index contributed by atoms with van der Waals surface area (Å²) >= 11 is 1.46. The van der Waals surface area contributed by atoms with Crippen molar-refractivity contribution in [2.75, 3.05) is 6.54 Å². The van der Waals surface area contributed by atoms with Gasteiger partial charge >= 0.3 is 5.97 Å². The fraction of sp³-hybridized carbons (Fsp3) is 0.294. The van der Waals surface area contributed by atoms with Crippen LogP contribution in [0.25, 0.3) is 0 Å². The lowest BCUT2D eigenvalue weighted by Gasteiger charge is -2.24. The lowest BCUT2D eigenvalue weighted by atomic mass is 10.2. The first-order valence-corrected chi connectivity index (χ1v) is 8.77. The summed E-state index contributed by atoms with van der Waals surface area (Å²) in [4.78, 5) is 33.4. The SMILES string of the molecule is O=C(O)[C@@H]1[C@@H](SCc2ccc(F)cc2)CCN1C(=O)c1cnccn1. The highest BCUT2D eigenvalue weighted by molar-refractivity contribution is 7.99. The molecule has 2 atom stereocenters. The molecule has 1 aliphatic heterocycles. The van der Waals surface area contributed by atoms with E-state index in [1.807, 2.05) is 0 Å². The third-order valence-electron chi connectivity index (χ3n) is 4.02. The Labute approximate surface area is 148 Å². The van der Waals surface area contributed by atoms with Crippen LogP contribution < -0.4 is 0 Å². The van der Waals surface area contributed by atoms with Crippen LogP contribution in [0.3, 0.4) is 0 Å². The van der Waals surface area contributed by atoms with Gasteiger partial charge in [-0.15, -0.1) is 0 Å². The smallest absolute Gasteiger partial charge is 0.327 e. The maximum Gasteiger partial charge on any atom is 0.327 e. The highest BCUT2D eigenvalue weighted by atomic mass is 32.2. The van der Waals surface area contributed by atoms with E-state index in [0.29, 0.717) is 18.7 Å². The molecule has 0 unspecified atom stereocenters. The molecule has 0 bridgehead atoms. The van der Waals surface area contributed by atoms with Crippen LogP contribution in [0.4, 0.5) is 4.39 Å². The van der Waals surface area contributed by atoms with Crippen LogP contribution in [0.1, 0.15) is 22.5 Å². The van der Waals surface area contributed by atoms with E-state index < -0.39 is 17.9 Å². The summed E-state index contributed by atoms with van der Waals surface area (Å²) in [5.41, 5.74) is 1.05. The van der Waals surface area contributed by atoms with E-state index in [1.54, 1.807) is 12.1 Å². The number of hydrogen-bond donors (Lipinski definition) is 1. The Morgan fingerprint density at radius 2 is 2.04 bits per heavy atom. The maximum atomic E-state index is 13.0. The first kappa shape index (κ1) is 17.3.